The zero-order valence-corrected chi connectivity index (χ0v) is 6.98. The van der Waals surface area contributed by atoms with Crippen molar-refractivity contribution in [3.8, 4) is 0 Å². The van der Waals surface area contributed by atoms with E-state index < -0.39 is 0 Å². The van der Waals surface area contributed by atoms with Crippen molar-refractivity contribution in [2.24, 2.45) is 5.92 Å². The summed E-state index contributed by atoms with van der Waals surface area (Å²) in [6, 6.07) is 0.245. The molecule has 0 aromatic heterocycles. The van der Waals surface area contributed by atoms with Gasteiger partial charge in [-0.25, -0.2) is 0 Å². The van der Waals surface area contributed by atoms with Gasteiger partial charge in [0, 0.05) is 13.0 Å². The van der Waals surface area contributed by atoms with Crippen LogP contribution < -0.4 is 5.32 Å². The van der Waals surface area contributed by atoms with Gasteiger partial charge in [-0.2, -0.15) is 0 Å². The van der Waals surface area contributed by atoms with Crippen LogP contribution in [-0.4, -0.2) is 11.9 Å². The van der Waals surface area contributed by atoms with Crippen LogP contribution in [0.5, 0.6) is 0 Å². The molecule has 2 atom stereocenters. The van der Waals surface area contributed by atoms with Gasteiger partial charge in [-0.1, -0.05) is 20.3 Å². The molecule has 0 heterocycles. The van der Waals surface area contributed by atoms with E-state index in [1.165, 1.54) is 0 Å². The molecule has 0 fully saturated rings. The molecule has 0 aliphatic carbocycles. The molecule has 0 aromatic carbocycles. The fourth-order valence-electron chi connectivity index (χ4n) is 0.750. The molecular formula is C8H16NO. The predicted molar refractivity (Wildman–Crippen MR) is 42.4 cm³/mol. The number of rotatable bonds is 3. The summed E-state index contributed by atoms with van der Waals surface area (Å²) < 4.78 is 0. The van der Waals surface area contributed by atoms with E-state index in [1.807, 2.05) is 6.92 Å². The summed E-state index contributed by atoms with van der Waals surface area (Å²) >= 11 is 0. The predicted octanol–water partition coefficient (Wildman–Crippen LogP) is 1.37. The van der Waals surface area contributed by atoms with Crippen LogP contribution in [0.2, 0.25) is 0 Å². The molecule has 0 aliphatic rings. The Morgan fingerprint density at radius 1 is 1.60 bits per heavy atom. The molecule has 1 radical (unpaired) electrons. The highest BCUT2D eigenvalue weighted by Crippen LogP contribution is 2.05. The van der Waals surface area contributed by atoms with E-state index >= 15 is 0 Å². The van der Waals surface area contributed by atoms with Crippen molar-refractivity contribution in [2.45, 2.75) is 33.2 Å². The maximum absolute atomic E-state index is 10.5. The lowest BCUT2D eigenvalue weighted by molar-refractivity contribution is -0.117. The summed E-state index contributed by atoms with van der Waals surface area (Å²) in [5, 5.41) is 2.74. The van der Waals surface area contributed by atoms with Gasteiger partial charge in [0.1, 0.15) is 0 Å². The molecule has 0 saturated carbocycles. The summed E-state index contributed by atoms with van der Waals surface area (Å²) in [5.41, 5.74) is 0. The maximum atomic E-state index is 10.5. The lowest BCUT2D eigenvalue weighted by atomic mass is 10.0. The molecule has 59 valence electrons. The molecule has 0 rings (SSSR count). The molecule has 1 N–H and O–H groups in total. The van der Waals surface area contributed by atoms with E-state index in [4.69, 9.17) is 0 Å². The number of amides is 1. The van der Waals surface area contributed by atoms with Gasteiger partial charge in [-0.15, -0.1) is 0 Å². The highest BCUT2D eigenvalue weighted by atomic mass is 16.1. The Morgan fingerprint density at radius 2 is 2.10 bits per heavy atom. The first-order valence-electron chi connectivity index (χ1n) is 3.70. The highest BCUT2D eigenvalue weighted by Gasteiger charge is 2.09. The Labute approximate surface area is 63.0 Å². The average Bonchev–Trinajstić information content (AvgIpc) is 1.85. The molecule has 0 aliphatic heterocycles. The third-order valence-electron chi connectivity index (χ3n) is 1.89. The lowest BCUT2D eigenvalue weighted by Gasteiger charge is -2.18. The van der Waals surface area contributed by atoms with Crippen LogP contribution in [0.1, 0.15) is 27.2 Å². The van der Waals surface area contributed by atoms with E-state index in [0.717, 1.165) is 6.42 Å². The number of carbonyl (C=O) groups excluding carboxylic acids is 1. The van der Waals surface area contributed by atoms with Crippen LogP contribution in [-0.2, 0) is 4.79 Å². The van der Waals surface area contributed by atoms with Crippen LogP contribution in [0.25, 0.3) is 0 Å². The largest absolute Gasteiger partial charge is 0.353 e. The second-order valence-electron chi connectivity index (χ2n) is 2.74. The van der Waals surface area contributed by atoms with Crippen molar-refractivity contribution in [1.29, 1.82) is 0 Å². The standard InChI is InChI=1S/C8H16NO/c1-5-6(2)7(3)9-8(4)10/h6-7H,4-5H2,1-3H3,(H,9,10). The summed E-state index contributed by atoms with van der Waals surface area (Å²) in [6.07, 6.45) is 1.08. The molecular weight excluding hydrogens is 126 g/mol. The van der Waals surface area contributed by atoms with E-state index in [9.17, 15) is 4.79 Å². The Kier molecular flexibility index (Phi) is 4.08. The quantitative estimate of drug-likeness (QED) is 0.633. The molecule has 0 aromatic rings. The lowest BCUT2D eigenvalue weighted by Crippen LogP contribution is -2.35. The van der Waals surface area contributed by atoms with E-state index in [2.05, 4.69) is 26.1 Å². The summed E-state index contributed by atoms with van der Waals surface area (Å²) in [4.78, 5) is 10.5. The van der Waals surface area contributed by atoms with Crippen LogP contribution in [0.4, 0.5) is 0 Å². The van der Waals surface area contributed by atoms with E-state index in [0.29, 0.717) is 5.92 Å². The summed E-state index contributed by atoms with van der Waals surface area (Å²) in [7, 11) is 0. The Hall–Kier alpha value is -0.530. The Morgan fingerprint density at radius 3 is 2.40 bits per heavy atom. The first kappa shape index (κ1) is 9.47. The molecule has 0 spiro atoms. The van der Waals surface area contributed by atoms with Gasteiger partial charge in [0.2, 0.25) is 5.91 Å². The van der Waals surface area contributed by atoms with E-state index in [-0.39, 0.29) is 11.9 Å². The zero-order chi connectivity index (χ0) is 8.15. The van der Waals surface area contributed by atoms with Crippen molar-refractivity contribution in [3.05, 3.63) is 6.92 Å². The van der Waals surface area contributed by atoms with Gasteiger partial charge in [-0.3, -0.25) is 4.79 Å². The molecule has 2 heteroatoms. The van der Waals surface area contributed by atoms with Gasteiger partial charge in [-0.05, 0) is 12.8 Å². The van der Waals surface area contributed by atoms with Gasteiger partial charge < -0.3 is 5.32 Å². The first-order valence-corrected chi connectivity index (χ1v) is 3.70. The van der Waals surface area contributed by atoms with Crippen molar-refractivity contribution in [3.63, 3.8) is 0 Å². The highest BCUT2D eigenvalue weighted by molar-refractivity contribution is 5.80. The number of carbonyl (C=O) groups is 1. The van der Waals surface area contributed by atoms with Crippen LogP contribution >= 0.6 is 0 Å². The molecule has 10 heavy (non-hydrogen) atoms. The van der Waals surface area contributed by atoms with Crippen molar-refractivity contribution < 1.29 is 4.79 Å². The van der Waals surface area contributed by atoms with Crippen LogP contribution in [0.15, 0.2) is 0 Å². The van der Waals surface area contributed by atoms with Gasteiger partial charge >= 0.3 is 0 Å². The van der Waals surface area contributed by atoms with Gasteiger partial charge in [0.15, 0.2) is 0 Å². The second-order valence-corrected chi connectivity index (χ2v) is 2.74. The third kappa shape index (κ3) is 3.49. The fraction of sp³-hybridized carbons (Fsp3) is 0.750. The smallest absolute Gasteiger partial charge is 0.220 e. The molecule has 0 saturated heterocycles. The minimum Gasteiger partial charge on any atom is -0.353 e. The normalized spacial score (nSPS) is 16.0. The maximum Gasteiger partial charge on any atom is 0.220 e. The zero-order valence-electron chi connectivity index (χ0n) is 6.98. The van der Waals surface area contributed by atoms with E-state index in [1.54, 1.807) is 0 Å². The Bertz CT molecular complexity index is 112. The average molecular weight is 142 g/mol. The minimum atomic E-state index is -0.187. The first-order chi connectivity index (χ1) is 4.57. The second kappa shape index (κ2) is 4.31. The molecule has 0 bridgehead atoms. The summed E-state index contributed by atoms with van der Waals surface area (Å²) in [5.74, 6) is 0.346. The number of nitrogens with one attached hydrogen (secondary N) is 1. The number of hydrogen-bond acceptors (Lipinski definition) is 1. The van der Waals surface area contributed by atoms with Crippen molar-refractivity contribution in [1.82, 2.24) is 5.32 Å². The van der Waals surface area contributed by atoms with Gasteiger partial charge in [0.05, 0.1) is 0 Å². The van der Waals surface area contributed by atoms with Gasteiger partial charge in [0.25, 0.3) is 0 Å². The van der Waals surface area contributed by atoms with Crippen molar-refractivity contribution >= 4 is 5.91 Å². The van der Waals surface area contributed by atoms with Crippen molar-refractivity contribution in [2.75, 3.05) is 0 Å². The molecule has 2 unspecified atom stereocenters. The fourth-order valence-corrected chi connectivity index (χ4v) is 0.750. The number of hydrogen-bond donors (Lipinski definition) is 1. The molecule has 2 nitrogen and oxygen atoms in total. The third-order valence-corrected chi connectivity index (χ3v) is 1.89. The minimum absolute atomic E-state index is 0.187. The SMILES string of the molecule is [CH2]C(=O)NC(C)C(C)CC. The topological polar surface area (TPSA) is 29.1 Å². The Balaban J connectivity index is 3.61. The van der Waals surface area contributed by atoms with Crippen LogP contribution in [0.3, 0.4) is 0 Å². The molecule has 1 amide bonds. The monoisotopic (exact) mass is 142 g/mol. The van der Waals surface area contributed by atoms with Crippen LogP contribution in [0, 0.1) is 12.8 Å². The summed E-state index contributed by atoms with van der Waals surface area (Å²) in [6.45, 7) is 9.46.